The van der Waals surface area contributed by atoms with Crippen molar-refractivity contribution in [1.82, 2.24) is 4.90 Å². The summed E-state index contributed by atoms with van der Waals surface area (Å²) in [5.74, 6) is 1.53. The van der Waals surface area contributed by atoms with Crippen LogP contribution in [0.5, 0.6) is 0 Å². The molecule has 0 amide bonds. The molecule has 1 nitrogen and oxygen atoms in total. The van der Waals surface area contributed by atoms with Crippen molar-refractivity contribution in [1.29, 1.82) is 0 Å². The molecule has 0 aliphatic carbocycles. The minimum Gasteiger partial charge on any atom is -0.303 e. The van der Waals surface area contributed by atoms with E-state index in [2.05, 4.69) is 38.5 Å². The van der Waals surface area contributed by atoms with Gasteiger partial charge in [0, 0.05) is 6.04 Å². The second-order valence-corrected chi connectivity index (χ2v) is 4.02. The highest BCUT2D eigenvalue weighted by Gasteiger charge is 2.32. The lowest BCUT2D eigenvalue weighted by Crippen LogP contribution is -2.34. The summed E-state index contributed by atoms with van der Waals surface area (Å²) in [5.41, 5.74) is 0. The third kappa shape index (κ3) is 1.71. The standard InChI is InChI=1S/C11H21N/c1-5-9(3)11-10(6-2)7-8-12(11)4/h5,9-11H,1,6-8H2,2-4H3. The SMILES string of the molecule is C=CC(C)C1C(CC)CCN1C. The highest BCUT2D eigenvalue weighted by Crippen LogP contribution is 2.30. The Balaban J connectivity index is 2.62. The molecule has 0 N–H and O–H groups in total. The van der Waals surface area contributed by atoms with Gasteiger partial charge >= 0.3 is 0 Å². The van der Waals surface area contributed by atoms with Gasteiger partial charge in [-0.15, -0.1) is 6.58 Å². The molecule has 0 radical (unpaired) electrons. The van der Waals surface area contributed by atoms with Crippen LogP contribution < -0.4 is 0 Å². The van der Waals surface area contributed by atoms with E-state index in [0.29, 0.717) is 5.92 Å². The number of rotatable bonds is 3. The van der Waals surface area contributed by atoms with Crippen molar-refractivity contribution in [2.75, 3.05) is 13.6 Å². The van der Waals surface area contributed by atoms with Crippen LogP contribution >= 0.6 is 0 Å². The van der Waals surface area contributed by atoms with Crippen LogP contribution in [0, 0.1) is 11.8 Å². The Morgan fingerprint density at radius 1 is 1.67 bits per heavy atom. The molecular formula is C11H21N. The lowest BCUT2D eigenvalue weighted by atomic mass is 9.88. The van der Waals surface area contributed by atoms with Crippen molar-refractivity contribution in [3.63, 3.8) is 0 Å². The third-order valence-electron chi connectivity index (χ3n) is 3.28. The summed E-state index contributed by atoms with van der Waals surface area (Å²) in [4.78, 5) is 2.49. The van der Waals surface area contributed by atoms with Crippen molar-refractivity contribution in [3.05, 3.63) is 12.7 Å². The topological polar surface area (TPSA) is 3.24 Å². The van der Waals surface area contributed by atoms with E-state index < -0.39 is 0 Å². The maximum Gasteiger partial charge on any atom is 0.0181 e. The highest BCUT2D eigenvalue weighted by molar-refractivity contribution is 4.94. The predicted molar refractivity (Wildman–Crippen MR) is 54.2 cm³/mol. The number of nitrogens with zero attached hydrogens (tertiary/aromatic N) is 1. The molecule has 0 aromatic heterocycles. The molecule has 1 heterocycles. The van der Waals surface area contributed by atoms with Crippen LogP contribution in [0.2, 0.25) is 0 Å². The molecule has 1 heteroatoms. The lowest BCUT2D eigenvalue weighted by Gasteiger charge is -2.28. The average Bonchev–Trinajstić information content (AvgIpc) is 2.45. The average molecular weight is 167 g/mol. The van der Waals surface area contributed by atoms with Crippen LogP contribution in [0.3, 0.4) is 0 Å². The van der Waals surface area contributed by atoms with Crippen molar-refractivity contribution in [2.24, 2.45) is 11.8 Å². The molecule has 0 spiro atoms. The monoisotopic (exact) mass is 167 g/mol. The summed E-state index contributed by atoms with van der Waals surface area (Å²) in [6.45, 7) is 9.73. The van der Waals surface area contributed by atoms with E-state index in [4.69, 9.17) is 0 Å². The minimum absolute atomic E-state index is 0.641. The van der Waals surface area contributed by atoms with Gasteiger partial charge in [-0.1, -0.05) is 26.3 Å². The molecule has 3 atom stereocenters. The fourth-order valence-electron chi connectivity index (χ4n) is 2.46. The van der Waals surface area contributed by atoms with Crippen LogP contribution in [0.25, 0.3) is 0 Å². The first-order valence-electron chi connectivity index (χ1n) is 5.03. The summed E-state index contributed by atoms with van der Waals surface area (Å²) < 4.78 is 0. The van der Waals surface area contributed by atoms with Crippen LogP contribution in [0.15, 0.2) is 12.7 Å². The number of likely N-dealkylation sites (tertiary alicyclic amines) is 1. The van der Waals surface area contributed by atoms with E-state index in [1.54, 1.807) is 0 Å². The maximum atomic E-state index is 3.88. The molecule has 0 aromatic carbocycles. The molecule has 0 bridgehead atoms. The minimum atomic E-state index is 0.641. The first kappa shape index (κ1) is 9.79. The molecule has 1 saturated heterocycles. The Morgan fingerprint density at radius 3 is 2.83 bits per heavy atom. The third-order valence-corrected chi connectivity index (χ3v) is 3.28. The van der Waals surface area contributed by atoms with Crippen LogP contribution in [0.1, 0.15) is 26.7 Å². The van der Waals surface area contributed by atoms with Gasteiger partial charge in [0.1, 0.15) is 0 Å². The van der Waals surface area contributed by atoms with Crippen molar-refractivity contribution < 1.29 is 0 Å². The Labute approximate surface area is 76.5 Å². The summed E-state index contributed by atoms with van der Waals surface area (Å²) >= 11 is 0. The van der Waals surface area contributed by atoms with Crippen molar-refractivity contribution >= 4 is 0 Å². The molecular weight excluding hydrogens is 146 g/mol. The van der Waals surface area contributed by atoms with Gasteiger partial charge in [0.15, 0.2) is 0 Å². The Bertz CT molecular complexity index is 153. The second-order valence-electron chi connectivity index (χ2n) is 4.02. The summed E-state index contributed by atoms with van der Waals surface area (Å²) in [6, 6.07) is 0.743. The highest BCUT2D eigenvalue weighted by atomic mass is 15.2. The lowest BCUT2D eigenvalue weighted by molar-refractivity contribution is 0.223. The normalized spacial score (nSPS) is 33.6. The van der Waals surface area contributed by atoms with Crippen molar-refractivity contribution in [3.8, 4) is 0 Å². The van der Waals surface area contributed by atoms with E-state index in [1.165, 1.54) is 19.4 Å². The second kappa shape index (κ2) is 4.08. The van der Waals surface area contributed by atoms with Gasteiger partial charge in [0.2, 0.25) is 0 Å². The fraction of sp³-hybridized carbons (Fsp3) is 0.818. The van der Waals surface area contributed by atoms with E-state index in [1.807, 2.05) is 0 Å². The molecule has 0 aromatic rings. The summed E-state index contributed by atoms with van der Waals surface area (Å²) in [6.07, 6.45) is 4.78. The largest absolute Gasteiger partial charge is 0.303 e. The summed E-state index contributed by atoms with van der Waals surface area (Å²) in [5, 5.41) is 0. The van der Waals surface area contributed by atoms with Gasteiger partial charge in [-0.05, 0) is 31.8 Å². The molecule has 3 unspecified atom stereocenters. The first-order valence-corrected chi connectivity index (χ1v) is 5.03. The summed E-state index contributed by atoms with van der Waals surface area (Å²) in [7, 11) is 2.24. The zero-order chi connectivity index (χ0) is 9.14. The Morgan fingerprint density at radius 2 is 2.33 bits per heavy atom. The molecule has 70 valence electrons. The van der Waals surface area contributed by atoms with E-state index in [9.17, 15) is 0 Å². The van der Waals surface area contributed by atoms with Crippen LogP contribution in [-0.2, 0) is 0 Å². The zero-order valence-electron chi connectivity index (χ0n) is 8.59. The van der Waals surface area contributed by atoms with E-state index >= 15 is 0 Å². The Hall–Kier alpha value is -0.300. The zero-order valence-corrected chi connectivity index (χ0v) is 8.59. The van der Waals surface area contributed by atoms with E-state index in [-0.39, 0.29) is 0 Å². The van der Waals surface area contributed by atoms with Crippen LogP contribution in [-0.4, -0.2) is 24.5 Å². The van der Waals surface area contributed by atoms with Crippen molar-refractivity contribution in [2.45, 2.75) is 32.7 Å². The van der Waals surface area contributed by atoms with Crippen LogP contribution in [0.4, 0.5) is 0 Å². The fourth-order valence-corrected chi connectivity index (χ4v) is 2.46. The molecule has 1 aliphatic rings. The number of hydrogen-bond donors (Lipinski definition) is 0. The van der Waals surface area contributed by atoms with E-state index in [0.717, 1.165) is 12.0 Å². The Kier molecular flexibility index (Phi) is 3.33. The first-order chi connectivity index (χ1) is 5.70. The molecule has 1 fully saturated rings. The maximum absolute atomic E-state index is 3.88. The molecule has 1 rings (SSSR count). The molecule has 1 aliphatic heterocycles. The van der Waals surface area contributed by atoms with Gasteiger partial charge in [0.05, 0.1) is 0 Å². The van der Waals surface area contributed by atoms with Gasteiger partial charge in [0.25, 0.3) is 0 Å². The smallest absolute Gasteiger partial charge is 0.0181 e. The van der Waals surface area contributed by atoms with Gasteiger partial charge < -0.3 is 4.90 Å². The van der Waals surface area contributed by atoms with Gasteiger partial charge in [-0.25, -0.2) is 0 Å². The quantitative estimate of drug-likeness (QED) is 0.584. The predicted octanol–water partition coefficient (Wildman–Crippen LogP) is 2.54. The number of hydrogen-bond acceptors (Lipinski definition) is 1. The molecule has 0 saturated carbocycles. The van der Waals surface area contributed by atoms with Gasteiger partial charge in [-0.2, -0.15) is 0 Å². The van der Waals surface area contributed by atoms with Gasteiger partial charge in [-0.3, -0.25) is 0 Å². The molecule has 12 heavy (non-hydrogen) atoms.